The Labute approximate surface area is 108 Å². The monoisotopic (exact) mass is 265 g/mol. The standard InChI is InChI=1S/C10H11N3OS.CO2/c1-15-9-4-2-8(3-5-9)7-14-10-6-11-13-12-10;2-1-3/h2-6H,7H2,1H3,(H,11,12,13);. The van der Waals surface area contributed by atoms with Crippen LogP contribution in [0, 0.1) is 0 Å². The Balaban J connectivity index is 0.000000492. The summed E-state index contributed by atoms with van der Waals surface area (Å²) in [4.78, 5) is 17.5. The van der Waals surface area contributed by atoms with E-state index in [0.29, 0.717) is 12.5 Å². The van der Waals surface area contributed by atoms with E-state index in [1.807, 2.05) is 12.1 Å². The lowest BCUT2D eigenvalue weighted by molar-refractivity contribution is -0.191. The largest absolute Gasteiger partial charge is 0.471 e. The van der Waals surface area contributed by atoms with Crippen LogP contribution in [0.25, 0.3) is 0 Å². The van der Waals surface area contributed by atoms with Crippen molar-refractivity contribution in [2.24, 2.45) is 0 Å². The van der Waals surface area contributed by atoms with E-state index in [9.17, 15) is 0 Å². The molecule has 0 saturated carbocycles. The zero-order valence-electron chi connectivity index (χ0n) is 9.62. The van der Waals surface area contributed by atoms with Gasteiger partial charge in [-0.1, -0.05) is 12.1 Å². The van der Waals surface area contributed by atoms with Gasteiger partial charge in [0, 0.05) is 4.90 Å². The van der Waals surface area contributed by atoms with Crippen molar-refractivity contribution >= 4 is 17.9 Å². The third-order valence-corrected chi connectivity index (χ3v) is 2.68. The van der Waals surface area contributed by atoms with E-state index in [4.69, 9.17) is 14.3 Å². The number of aromatic amines is 1. The molecule has 7 heteroatoms. The summed E-state index contributed by atoms with van der Waals surface area (Å²) in [6.45, 7) is 0.515. The molecule has 0 aliphatic heterocycles. The first-order chi connectivity index (χ1) is 8.80. The van der Waals surface area contributed by atoms with Gasteiger partial charge in [-0.15, -0.1) is 16.9 Å². The number of hydrogen-bond donors (Lipinski definition) is 1. The van der Waals surface area contributed by atoms with Crippen molar-refractivity contribution in [1.29, 1.82) is 0 Å². The number of aromatic nitrogens is 3. The van der Waals surface area contributed by atoms with E-state index in [2.05, 4.69) is 33.8 Å². The van der Waals surface area contributed by atoms with Crippen LogP contribution in [0.1, 0.15) is 5.56 Å². The molecular weight excluding hydrogens is 254 g/mol. The first-order valence-electron chi connectivity index (χ1n) is 4.91. The molecule has 0 amide bonds. The SMILES string of the molecule is CSc1ccc(COc2cn[nH]n2)cc1.O=C=O. The minimum atomic E-state index is 0.250. The molecule has 0 radical (unpaired) electrons. The van der Waals surface area contributed by atoms with Crippen molar-refractivity contribution in [1.82, 2.24) is 15.4 Å². The maximum Gasteiger partial charge on any atom is 0.373 e. The van der Waals surface area contributed by atoms with E-state index in [1.54, 1.807) is 18.0 Å². The van der Waals surface area contributed by atoms with E-state index in [1.165, 1.54) is 4.90 Å². The van der Waals surface area contributed by atoms with Gasteiger partial charge < -0.3 is 4.74 Å². The van der Waals surface area contributed by atoms with Crippen LogP contribution in [-0.4, -0.2) is 27.8 Å². The van der Waals surface area contributed by atoms with Crippen molar-refractivity contribution in [3.05, 3.63) is 36.0 Å². The second-order valence-corrected chi connectivity index (χ2v) is 3.91. The molecule has 2 aromatic rings. The number of H-pyrrole nitrogens is 1. The fourth-order valence-electron chi connectivity index (χ4n) is 1.14. The average Bonchev–Trinajstić information content (AvgIpc) is 2.91. The Morgan fingerprint density at radius 3 is 2.50 bits per heavy atom. The van der Waals surface area contributed by atoms with Crippen LogP contribution >= 0.6 is 11.8 Å². The van der Waals surface area contributed by atoms with Crippen LogP contribution in [0.2, 0.25) is 0 Å². The fourth-order valence-corrected chi connectivity index (χ4v) is 1.55. The van der Waals surface area contributed by atoms with Gasteiger partial charge in [0.1, 0.15) is 12.8 Å². The Morgan fingerprint density at radius 1 is 1.33 bits per heavy atom. The van der Waals surface area contributed by atoms with Crippen molar-refractivity contribution < 1.29 is 14.3 Å². The number of rotatable bonds is 4. The predicted octanol–water partition coefficient (Wildman–Crippen LogP) is 1.52. The lowest BCUT2D eigenvalue weighted by Crippen LogP contribution is -1.95. The zero-order valence-corrected chi connectivity index (χ0v) is 10.4. The molecule has 0 aliphatic carbocycles. The van der Waals surface area contributed by atoms with Crippen molar-refractivity contribution in [3.63, 3.8) is 0 Å². The lowest BCUT2D eigenvalue weighted by Gasteiger charge is -2.02. The second kappa shape index (κ2) is 8.05. The topological polar surface area (TPSA) is 84.9 Å². The second-order valence-electron chi connectivity index (χ2n) is 3.03. The smallest absolute Gasteiger partial charge is 0.373 e. The normalized spacial score (nSPS) is 8.94. The number of nitrogens with one attached hydrogen (secondary N) is 1. The van der Waals surface area contributed by atoms with Crippen LogP contribution in [-0.2, 0) is 16.2 Å². The molecular formula is C11H11N3O3S. The molecule has 94 valence electrons. The molecule has 0 atom stereocenters. The molecule has 0 fully saturated rings. The summed E-state index contributed by atoms with van der Waals surface area (Å²) in [5.74, 6) is 0.518. The Morgan fingerprint density at radius 2 is 2.00 bits per heavy atom. The maximum atomic E-state index is 8.12. The number of ether oxygens (including phenoxy) is 1. The number of hydrogen-bond acceptors (Lipinski definition) is 6. The third kappa shape index (κ3) is 4.82. The number of benzene rings is 1. The van der Waals surface area contributed by atoms with Gasteiger partial charge in [0.15, 0.2) is 0 Å². The molecule has 6 nitrogen and oxygen atoms in total. The summed E-state index contributed by atoms with van der Waals surface area (Å²) < 4.78 is 5.39. The molecule has 0 aliphatic rings. The summed E-state index contributed by atoms with van der Waals surface area (Å²) in [7, 11) is 0. The van der Waals surface area contributed by atoms with Crippen molar-refractivity contribution in [3.8, 4) is 5.88 Å². The molecule has 18 heavy (non-hydrogen) atoms. The number of carbonyl (C=O) groups excluding carboxylic acids is 2. The quantitative estimate of drug-likeness (QED) is 0.844. The first-order valence-corrected chi connectivity index (χ1v) is 6.13. The fraction of sp³-hybridized carbons (Fsp3) is 0.182. The highest BCUT2D eigenvalue weighted by Gasteiger charge is 1.98. The van der Waals surface area contributed by atoms with Crippen molar-refractivity contribution in [2.75, 3.05) is 6.26 Å². The van der Waals surface area contributed by atoms with Gasteiger partial charge in [-0.25, -0.2) is 0 Å². The highest BCUT2D eigenvalue weighted by atomic mass is 32.2. The highest BCUT2D eigenvalue weighted by molar-refractivity contribution is 7.98. The highest BCUT2D eigenvalue weighted by Crippen LogP contribution is 2.15. The van der Waals surface area contributed by atoms with E-state index in [-0.39, 0.29) is 6.15 Å². The van der Waals surface area contributed by atoms with Gasteiger partial charge in [0.2, 0.25) is 0 Å². The maximum absolute atomic E-state index is 8.12. The molecule has 1 aromatic heterocycles. The Kier molecular flexibility index (Phi) is 6.24. The molecule has 1 aromatic carbocycles. The van der Waals surface area contributed by atoms with Crippen LogP contribution in [0.4, 0.5) is 0 Å². The molecule has 0 bridgehead atoms. The lowest BCUT2D eigenvalue weighted by atomic mass is 10.2. The van der Waals surface area contributed by atoms with E-state index in [0.717, 1.165) is 5.56 Å². The van der Waals surface area contributed by atoms with Crippen molar-refractivity contribution in [2.45, 2.75) is 11.5 Å². The zero-order chi connectivity index (χ0) is 13.2. The van der Waals surface area contributed by atoms with Gasteiger partial charge in [-0.2, -0.15) is 19.9 Å². The van der Waals surface area contributed by atoms with Crippen LogP contribution in [0.3, 0.4) is 0 Å². The van der Waals surface area contributed by atoms with Crippen LogP contribution < -0.4 is 4.74 Å². The number of thioether (sulfide) groups is 1. The summed E-state index contributed by atoms with van der Waals surface area (Å²) >= 11 is 1.73. The summed E-state index contributed by atoms with van der Waals surface area (Å²) in [6.07, 6.45) is 3.86. The van der Waals surface area contributed by atoms with E-state index < -0.39 is 0 Å². The molecule has 1 N–H and O–H groups in total. The Hall–Kier alpha value is -2.11. The predicted molar refractivity (Wildman–Crippen MR) is 63.9 cm³/mol. The van der Waals surface area contributed by atoms with E-state index >= 15 is 0 Å². The van der Waals surface area contributed by atoms with Gasteiger partial charge in [0.05, 0.1) is 0 Å². The minimum absolute atomic E-state index is 0.250. The molecule has 1 heterocycles. The molecule has 0 unspecified atom stereocenters. The molecule has 0 spiro atoms. The summed E-state index contributed by atoms with van der Waals surface area (Å²) in [6, 6.07) is 8.25. The minimum Gasteiger partial charge on any atom is -0.471 e. The van der Waals surface area contributed by atoms with Crippen LogP contribution in [0.5, 0.6) is 5.88 Å². The van der Waals surface area contributed by atoms with Crippen LogP contribution in [0.15, 0.2) is 35.4 Å². The van der Waals surface area contributed by atoms with Gasteiger partial charge in [0.25, 0.3) is 5.88 Å². The molecule has 2 rings (SSSR count). The van der Waals surface area contributed by atoms with Gasteiger partial charge in [-0.3, -0.25) is 0 Å². The Bertz CT molecular complexity index is 479. The average molecular weight is 265 g/mol. The third-order valence-electron chi connectivity index (χ3n) is 1.94. The number of nitrogens with zero attached hydrogens (tertiary/aromatic N) is 2. The molecule has 0 saturated heterocycles. The summed E-state index contributed by atoms with van der Waals surface area (Å²) in [5.41, 5.74) is 1.12. The van der Waals surface area contributed by atoms with Gasteiger partial charge >= 0.3 is 6.15 Å². The van der Waals surface area contributed by atoms with Gasteiger partial charge in [-0.05, 0) is 24.0 Å². The summed E-state index contributed by atoms with van der Waals surface area (Å²) in [5, 5.41) is 9.96. The first kappa shape index (κ1) is 14.0.